The molecule has 6 nitrogen and oxygen atoms in total. The van der Waals surface area contributed by atoms with Crippen molar-refractivity contribution < 1.29 is 22.7 Å². The zero-order valence-corrected chi connectivity index (χ0v) is 16.6. The lowest BCUT2D eigenvalue weighted by Gasteiger charge is -2.19. The summed E-state index contributed by atoms with van der Waals surface area (Å²) < 4.78 is 38.1. The number of fused-ring (bicyclic) bond motifs is 1. The van der Waals surface area contributed by atoms with E-state index >= 15 is 0 Å². The minimum Gasteiger partial charge on any atom is -0.489 e. The number of nitrogens with zero attached hydrogens (tertiary/aromatic N) is 1. The molecular formula is C19H20ClNO5S. The summed E-state index contributed by atoms with van der Waals surface area (Å²) in [7, 11) is -2.22. The van der Waals surface area contributed by atoms with Gasteiger partial charge in [-0.05, 0) is 36.8 Å². The maximum Gasteiger partial charge on any atom is 0.243 e. The highest BCUT2D eigenvalue weighted by molar-refractivity contribution is 7.89. The summed E-state index contributed by atoms with van der Waals surface area (Å²) in [4.78, 5) is 11.5. The van der Waals surface area contributed by atoms with Crippen molar-refractivity contribution in [2.75, 3.05) is 20.3 Å². The molecule has 1 aliphatic rings. The van der Waals surface area contributed by atoms with Crippen molar-refractivity contribution in [2.24, 2.45) is 0 Å². The van der Waals surface area contributed by atoms with Gasteiger partial charge in [0.05, 0.1) is 23.1 Å². The maximum atomic E-state index is 12.8. The van der Waals surface area contributed by atoms with Gasteiger partial charge in [0.2, 0.25) is 10.0 Å². The van der Waals surface area contributed by atoms with Crippen LogP contribution in [0.2, 0.25) is 5.02 Å². The molecule has 0 fully saturated rings. The van der Waals surface area contributed by atoms with Gasteiger partial charge in [0.25, 0.3) is 0 Å². The van der Waals surface area contributed by atoms with Crippen molar-refractivity contribution in [3.05, 3.63) is 52.5 Å². The molecule has 27 heavy (non-hydrogen) atoms. The fourth-order valence-corrected chi connectivity index (χ4v) is 4.21. The molecule has 0 unspecified atom stereocenters. The zero-order chi connectivity index (χ0) is 19.6. The third kappa shape index (κ3) is 4.26. The first-order valence-corrected chi connectivity index (χ1v) is 10.3. The Labute approximate surface area is 163 Å². The number of halogens is 1. The molecule has 0 N–H and O–H groups in total. The van der Waals surface area contributed by atoms with Gasteiger partial charge in [-0.1, -0.05) is 23.7 Å². The Kier molecular flexibility index (Phi) is 5.74. The van der Waals surface area contributed by atoms with E-state index in [9.17, 15) is 13.2 Å². The highest BCUT2D eigenvalue weighted by Gasteiger charge is 2.23. The molecule has 3 rings (SSSR count). The van der Waals surface area contributed by atoms with Crippen molar-refractivity contribution in [1.29, 1.82) is 0 Å². The Morgan fingerprint density at radius 2 is 1.81 bits per heavy atom. The van der Waals surface area contributed by atoms with Crippen LogP contribution in [0.3, 0.4) is 0 Å². The molecule has 144 valence electrons. The van der Waals surface area contributed by atoms with Gasteiger partial charge in [0.1, 0.15) is 0 Å². The third-order valence-electron chi connectivity index (χ3n) is 4.24. The molecule has 2 aromatic rings. The Balaban J connectivity index is 1.83. The van der Waals surface area contributed by atoms with Crippen molar-refractivity contribution in [3.8, 4) is 11.5 Å². The van der Waals surface area contributed by atoms with E-state index in [0.717, 1.165) is 6.42 Å². The molecule has 0 amide bonds. The standard InChI is InChI=1S/C19H20ClNO5S/c1-13(22)15-4-6-16(7-5-15)27(23,24)21(2)12-14-10-17(20)19-18(11-14)25-8-3-9-26-19/h4-7,10-11H,3,8-9,12H2,1-2H3. The van der Waals surface area contributed by atoms with E-state index in [1.165, 1.54) is 42.5 Å². The number of sulfonamides is 1. The number of Topliss-reactive ketones (excluding diaryl/α,β-unsaturated/α-hetero) is 1. The van der Waals surface area contributed by atoms with Gasteiger partial charge >= 0.3 is 0 Å². The second-order valence-corrected chi connectivity index (χ2v) is 8.75. The molecule has 1 heterocycles. The van der Waals surface area contributed by atoms with E-state index in [4.69, 9.17) is 21.1 Å². The second kappa shape index (κ2) is 7.88. The summed E-state index contributed by atoms with van der Waals surface area (Å²) in [5, 5.41) is 0.390. The van der Waals surface area contributed by atoms with Gasteiger partial charge in [0, 0.05) is 25.6 Å². The van der Waals surface area contributed by atoms with Crippen LogP contribution < -0.4 is 9.47 Å². The molecular weight excluding hydrogens is 390 g/mol. The van der Waals surface area contributed by atoms with Crippen LogP contribution in [0.5, 0.6) is 11.5 Å². The normalized spacial score (nSPS) is 14.1. The lowest BCUT2D eigenvalue weighted by atomic mass is 10.2. The summed E-state index contributed by atoms with van der Waals surface area (Å²) in [5.74, 6) is 0.893. The summed E-state index contributed by atoms with van der Waals surface area (Å²) in [6.07, 6.45) is 0.755. The first kappa shape index (κ1) is 19.7. The zero-order valence-electron chi connectivity index (χ0n) is 15.1. The molecule has 0 aliphatic carbocycles. The molecule has 0 saturated carbocycles. The quantitative estimate of drug-likeness (QED) is 0.706. The second-order valence-electron chi connectivity index (χ2n) is 6.30. The monoisotopic (exact) mass is 409 g/mol. The number of benzene rings is 2. The molecule has 0 saturated heterocycles. The van der Waals surface area contributed by atoms with Crippen LogP contribution >= 0.6 is 11.6 Å². The number of hydrogen-bond donors (Lipinski definition) is 0. The Hall–Kier alpha value is -2.09. The van der Waals surface area contributed by atoms with Gasteiger partial charge in [-0.25, -0.2) is 8.42 Å². The average molecular weight is 410 g/mol. The first-order valence-electron chi connectivity index (χ1n) is 8.44. The predicted molar refractivity (Wildman–Crippen MR) is 102 cm³/mol. The van der Waals surface area contributed by atoms with Crippen LogP contribution in [-0.2, 0) is 16.6 Å². The van der Waals surface area contributed by atoms with E-state index in [-0.39, 0.29) is 17.2 Å². The Morgan fingerprint density at radius 1 is 1.15 bits per heavy atom. The van der Waals surface area contributed by atoms with Crippen molar-refractivity contribution >= 4 is 27.4 Å². The van der Waals surface area contributed by atoms with E-state index in [2.05, 4.69) is 0 Å². The SMILES string of the molecule is CC(=O)c1ccc(S(=O)(=O)N(C)Cc2cc(Cl)c3c(c2)OCCCO3)cc1. The van der Waals surface area contributed by atoms with E-state index in [1.54, 1.807) is 12.1 Å². The van der Waals surface area contributed by atoms with Crippen molar-refractivity contribution in [1.82, 2.24) is 4.31 Å². The molecule has 0 atom stereocenters. The fourth-order valence-electron chi connectivity index (χ4n) is 2.76. The number of hydrogen-bond acceptors (Lipinski definition) is 5. The summed E-state index contributed by atoms with van der Waals surface area (Å²) >= 11 is 6.28. The van der Waals surface area contributed by atoms with Crippen LogP contribution in [0.25, 0.3) is 0 Å². The fraction of sp³-hybridized carbons (Fsp3) is 0.316. The molecule has 1 aliphatic heterocycles. The van der Waals surface area contributed by atoms with Crippen molar-refractivity contribution in [2.45, 2.75) is 24.8 Å². The summed E-state index contributed by atoms with van der Waals surface area (Å²) in [6.45, 7) is 2.59. The van der Waals surface area contributed by atoms with E-state index in [0.29, 0.717) is 40.9 Å². The number of ether oxygens (including phenoxy) is 2. The minimum atomic E-state index is -3.71. The van der Waals surface area contributed by atoms with Crippen LogP contribution in [0, 0.1) is 0 Å². The van der Waals surface area contributed by atoms with Crippen molar-refractivity contribution in [3.63, 3.8) is 0 Å². The Morgan fingerprint density at radius 3 is 2.48 bits per heavy atom. The van der Waals surface area contributed by atoms with Crippen LogP contribution in [-0.4, -0.2) is 38.8 Å². The highest BCUT2D eigenvalue weighted by Crippen LogP contribution is 2.38. The molecule has 2 aromatic carbocycles. The average Bonchev–Trinajstić information content (AvgIpc) is 2.87. The van der Waals surface area contributed by atoms with Gasteiger partial charge in [-0.15, -0.1) is 0 Å². The number of carbonyl (C=O) groups excluding carboxylic acids is 1. The molecule has 8 heteroatoms. The van der Waals surface area contributed by atoms with Crippen LogP contribution in [0.15, 0.2) is 41.3 Å². The van der Waals surface area contributed by atoms with Gasteiger partial charge in [-0.3, -0.25) is 4.79 Å². The lowest BCUT2D eigenvalue weighted by molar-refractivity contribution is 0.101. The molecule has 0 bridgehead atoms. The van der Waals surface area contributed by atoms with Gasteiger partial charge in [-0.2, -0.15) is 4.31 Å². The van der Waals surface area contributed by atoms with E-state index in [1.807, 2.05) is 0 Å². The maximum absolute atomic E-state index is 12.8. The van der Waals surface area contributed by atoms with Crippen LogP contribution in [0.4, 0.5) is 0 Å². The number of carbonyl (C=O) groups is 1. The summed E-state index contributed by atoms with van der Waals surface area (Å²) in [6, 6.07) is 9.31. The largest absolute Gasteiger partial charge is 0.489 e. The summed E-state index contributed by atoms with van der Waals surface area (Å²) in [5.41, 5.74) is 1.15. The molecule has 0 spiro atoms. The predicted octanol–water partition coefficient (Wildman–Crippen LogP) is 3.52. The minimum absolute atomic E-state index is 0.117. The smallest absolute Gasteiger partial charge is 0.243 e. The topological polar surface area (TPSA) is 72.9 Å². The number of rotatable bonds is 5. The first-order chi connectivity index (χ1) is 12.8. The number of ketones is 1. The Bertz CT molecular complexity index is 957. The van der Waals surface area contributed by atoms with Gasteiger partial charge < -0.3 is 9.47 Å². The highest BCUT2D eigenvalue weighted by atomic mass is 35.5. The third-order valence-corrected chi connectivity index (χ3v) is 6.33. The molecule has 0 aromatic heterocycles. The lowest BCUT2D eigenvalue weighted by Crippen LogP contribution is -2.26. The molecule has 0 radical (unpaired) electrons. The van der Waals surface area contributed by atoms with Gasteiger partial charge in [0.15, 0.2) is 17.3 Å². The van der Waals surface area contributed by atoms with Crippen LogP contribution in [0.1, 0.15) is 29.3 Å². The van der Waals surface area contributed by atoms with E-state index < -0.39 is 10.0 Å².